The fraction of sp³-hybridized carbons (Fsp3) is 0.450. The largest absolute Gasteiger partial charge is 0.436 e. The van der Waals surface area contributed by atoms with E-state index in [1.807, 2.05) is 32.6 Å². The number of aryl methyl sites for hydroxylation is 1. The number of ether oxygens (including phenoxy) is 1. The van der Waals surface area contributed by atoms with Gasteiger partial charge in [0.05, 0.1) is 0 Å². The second kappa shape index (κ2) is 7.50. The molecular weight excluding hydrogens is 347 g/mol. The van der Waals surface area contributed by atoms with Crippen LogP contribution in [0.2, 0.25) is 0 Å². The molecule has 1 aliphatic heterocycles. The first-order valence-corrected chi connectivity index (χ1v) is 9.04. The molecule has 1 aromatic heterocycles. The van der Waals surface area contributed by atoms with Crippen molar-refractivity contribution in [2.75, 3.05) is 31.1 Å². The Morgan fingerprint density at radius 3 is 2.48 bits per heavy atom. The van der Waals surface area contributed by atoms with E-state index in [4.69, 9.17) is 4.74 Å². The molecule has 2 heterocycles. The highest BCUT2D eigenvalue weighted by Crippen LogP contribution is 2.26. The van der Waals surface area contributed by atoms with Gasteiger partial charge in [-0.15, -0.1) is 0 Å². The number of nitrogens with zero attached hydrogens (tertiary/aromatic N) is 4. The van der Waals surface area contributed by atoms with E-state index in [1.54, 1.807) is 18.2 Å². The molecular formula is C20H25FN4O2. The smallest absolute Gasteiger partial charge is 0.228 e. The minimum atomic E-state index is -0.435. The van der Waals surface area contributed by atoms with Gasteiger partial charge < -0.3 is 14.5 Å². The summed E-state index contributed by atoms with van der Waals surface area (Å²) in [5.41, 5.74) is 0.524. The molecule has 6 nitrogen and oxygen atoms in total. The zero-order valence-corrected chi connectivity index (χ0v) is 16.2. The Labute approximate surface area is 159 Å². The van der Waals surface area contributed by atoms with Crippen LogP contribution in [-0.2, 0) is 4.79 Å². The number of anilines is 1. The molecule has 1 amide bonds. The van der Waals surface area contributed by atoms with E-state index >= 15 is 0 Å². The van der Waals surface area contributed by atoms with E-state index in [2.05, 4.69) is 14.9 Å². The maximum absolute atomic E-state index is 13.9. The van der Waals surface area contributed by atoms with Crippen molar-refractivity contribution in [1.29, 1.82) is 0 Å². The molecule has 0 saturated carbocycles. The average Bonchev–Trinajstić information content (AvgIpc) is 2.64. The van der Waals surface area contributed by atoms with Crippen LogP contribution >= 0.6 is 0 Å². The Morgan fingerprint density at radius 1 is 1.11 bits per heavy atom. The van der Waals surface area contributed by atoms with E-state index in [0.717, 1.165) is 5.56 Å². The number of carbonyl (C=O) groups is 1. The molecule has 3 rings (SSSR count). The Balaban J connectivity index is 1.68. The lowest BCUT2D eigenvalue weighted by atomic mass is 9.94. The van der Waals surface area contributed by atoms with Crippen molar-refractivity contribution in [3.63, 3.8) is 0 Å². The SMILES string of the molecule is Cc1ccc(F)c(Oc2cc(N3CCN(C(=O)C(C)(C)C)CC3)ncn2)c1. The van der Waals surface area contributed by atoms with Crippen LogP contribution in [0.15, 0.2) is 30.6 Å². The fourth-order valence-corrected chi connectivity index (χ4v) is 2.97. The number of rotatable bonds is 3. The summed E-state index contributed by atoms with van der Waals surface area (Å²) in [7, 11) is 0. The van der Waals surface area contributed by atoms with Crippen molar-refractivity contribution in [3.8, 4) is 11.6 Å². The van der Waals surface area contributed by atoms with Crippen LogP contribution in [0.25, 0.3) is 0 Å². The molecule has 1 aliphatic rings. The minimum absolute atomic E-state index is 0.139. The second-order valence-corrected chi connectivity index (χ2v) is 7.78. The van der Waals surface area contributed by atoms with Gasteiger partial charge in [-0.1, -0.05) is 26.8 Å². The minimum Gasteiger partial charge on any atom is -0.436 e. The van der Waals surface area contributed by atoms with Gasteiger partial charge >= 0.3 is 0 Å². The highest BCUT2D eigenvalue weighted by molar-refractivity contribution is 5.81. The van der Waals surface area contributed by atoms with Crippen molar-refractivity contribution >= 4 is 11.7 Å². The average molecular weight is 372 g/mol. The highest BCUT2D eigenvalue weighted by Gasteiger charge is 2.30. The molecule has 0 bridgehead atoms. The van der Waals surface area contributed by atoms with E-state index in [9.17, 15) is 9.18 Å². The molecule has 0 radical (unpaired) electrons. The van der Waals surface area contributed by atoms with Crippen LogP contribution in [0.4, 0.5) is 10.2 Å². The van der Waals surface area contributed by atoms with Crippen LogP contribution in [0.1, 0.15) is 26.3 Å². The van der Waals surface area contributed by atoms with Gasteiger partial charge in [0.1, 0.15) is 12.1 Å². The molecule has 2 aromatic rings. The molecule has 0 aliphatic carbocycles. The van der Waals surface area contributed by atoms with Crippen molar-refractivity contribution in [2.24, 2.45) is 5.41 Å². The molecule has 1 fully saturated rings. The van der Waals surface area contributed by atoms with Gasteiger partial charge in [-0.3, -0.25) is 4.79 Å². The molecule has 1 aromatic carbocycles. The van der Waals surface area contributed by atoms with Crippen LogP contribution in [0, 0.1) is 18.2 Å². The number of piperazine rings is 1. The Morgan fingerprint density at radius 2 is 1.81 bits per heavy atom. The van der Waals surface area contributed by atoms with Gasteiger partial charge in [0, 0.05) is 37.7 Å². The first-order valence-electron chi connectivity index (χ1n) is 9.04. The Kier molecular flexibility index (Phi) is 5.30. The second-order valence-electron chi connectivity index (χ2n) is 7.78. The van der Waals surface area contributed by atoms with Crippen molar-refractivity contribution in [1.82, 2.24) is 14.9 Å². The normalized spacial score (nSPS) is 15.0. The lowest BCUT2D eigenvalue weighted by molar-refractivity contribution is -0.139. The highest BCUT2D eigenvalue weighted by atomic mass is 19.1. The lowest BCUT2D eigenvalue weighted by Gasteiger charge is -2.38. The Hall–Kier alpha value is -2.70. The topological polar surface area (TPSA) is 58.6 Å². The van der Waals surface area contributed by atoms with Gasteiger partial charge in [0.2, 0.25) is 11.8 Å². The van der Waals surface area contributed by atoms with Crippen LogP contribution in [0.3, 0.4) is 0 Å². The molecule has 0 atom stereocenters. The third kappa shape index (κ3) is 4.53. The van der Waals surface area contributed by atoms with Gasteiger partial charge in [0.25, 0.3) is 0 Å². The number of hydrogen-bond donors (Lipinski definition) is 0. The van der Waals surface area contributed by atoms with Crippen molar-refractivity contribution in [3.05, 3.63) is 42.0 Å². The first-order chi connectivity index (χ1) is 12.7. The number of carbonyl (C=O) groups excluding carboxylic acids is 1. The maximum Gasteiger partial charge on any atom is 0.228 e. The fourth-order valence-electron chi connectivity index (χ4n) is 2.97. The number of amides is 1. The zero-order valence-electron chi connectivity index (χ0n) is 16.2. The molecule has 144 valence electrons. The first kappa shape index (κ1) is 19.1. The van der Waals surface area contributed by atoms with Crippen molar-refractivity contribution in [2.45, 2.75) is 27.7 Å². The zero-order chi connectivity index (χ0) is 19.6. The summed E-state index contributed by atoms with van der Waals surface area (Å²) in [6.45, 7) is 10.3. The van der Waals surface area contributed by atoms with Crippen LogP contribution in [0.5, 0.6) is 11.6 Å². The molecule has 27 heavy (non-hydrogen) atoms. The molecule has 0 unspecified atom stereocenters. The van der Waals surface area contributed by atoms with E-state index in [-0.39, 0.29) is 23.0 Å². The third-order valence-electron chi connectivity index (χ3n) is 4.46. The summed E-state index contributed by atoms with van der Waals surface area (Å²) in [6, 6.07) is 6.39. The summed E-state index contributed by atoms with van der Waals surface area (Å²) in [6.07, 6.45) is 1.41. The number of aromatic nitrogens is 2. The summed E-state index contributed by atoms with van der Waals surface area (Å²) < 4.78 is 19.5. The summed E-state index contributed by atoms with van der Waals surface area (Å²) in [4.78, 5) is 24.8. The maximum atomic E-state index is 13.9. The standard InChI is InChI=1S/C20H25FN4O2/c1-14-5-6-15(21)16(11-14)27-18-12-17(22-13-23-18)24-7-9-25(10-8-24)19(26)20(2,3)4/h5-6,11-13H,7-10H2,1-4H3. The summed E-state index contributed by atoms with van der Waals surface area (Å²) in [5, 5.41) is 0. The lowest BCUT2D eigenvalue weighted by Crippen LogP contribution is -2.51. The van der Waals surface area contributed by atoms with Crippen LogP contribution < -0.4 is 9.64 Å². The summed E-state index contributed by atoms with van der Waals surface area (Å²) in [5.74, 6) is 0.854. The predicted molar refractivity (Wildman–Crippen MR) is 101 cm³/mol. The predicted octanol–water partition coefficient (Wildman–Crippen LogP) is 3.41. The van der Waals surface area contributed by atoms with Gasteiger partial charge in [-0.25, -0.2) is 14.4 Å². The van der Waals surface area contributed by atoms with E-state index in [1.165, 1.54) is 12.4 Å². The van der Waals surface area contributed by atoms with Crippen LogP contribution in [-0.4, -0.2) is 47.0 Å². The summed E-state index contributed by atoms with van der Waals surface area (Å²) >= 11 is 0. The van der Waals surface area contributed by atoms with E-state index in [0.29, 0.717) is 32.0 Å². The Bertz CT molecular complexity index is 827. The molecule has 0 N–H and O–H groups in total. The third-order valence-corrected chi connectivity index (χ3v) is 4.46. The number of benzene rings is 1. The molecule has 0 spiro atoms. The van der Waals surface area contributed by atoms with Gasteiger partial charge in [-0.05, 0) is 24.6 Å². The number of halogens is 1. The van der Waals surface area contributed by atoms with Gasteiger partial charge in [0.15, 0.2) is 11.6 Å². The molecule has 1 saturated heterocycles. The number of hydrogen-bond acceptors (Lipinski definition) is 5. The van der Waals surface area contributed by atoms with E-state index < -0.39 is 5.82 Å². The van der Waals surface area contributed by atoms with Crippen molar-refractivity contribution < 1.29 is 13.9 Å². The van der Waals surface area contributed by atoms with Gasteiger partial charge in [-0.2, -0.15) is 0 Å². The quantitative estimate of drug-likeness (QED) is 0.826. The molecule has 7 heteroatoms. The monoisotopic (exact) mass is 372 g/mol.